The highest BCUT2D eigenvalue weighted by Crippen LogP contribution is 2.52. The second kappa shape index (κ2) is 15.6. The summed E-state index contributed by atoms with van der Waals surface area (Å²) in [7, 11) is 0. The van der Waals surface area contributed by atoms with Crippen LogP contribution in [0.4, 0.5) is 23.7 Å². The van der Waals surface area contributed by atoms with E-state index in [1.807, 2.05) is 5.32 Å². The summed E-state index contributed by atoms with van der Waals surface area (Å²) in [6.07, 6.45) is -12.6. The van der Waals surface area contributed by atoms with Crippen molar-refractivity contribution in [1.82, 2.24) is 5.32 Å². The maximum absolute atomic E-state index is 13.8. The number of hydrogen-bond acceptors (Lipinski definition) is 11. The maximum Gasteiger partial charge on any atom is 0.471 e. The quantitative estimate of drug-likeness (QED) is 0.117. The summed E-state index contributed by atoms with van der Waals surface area (Å²) in [5.41, 5.74) is -2.40. The molecule has 13 nitrogen and oxygen atoms in total. The van der Waals surface area contributed by atoms with Gasteiger partial charge in [0.15, 0.2) is 17.9 Å². The van der Waals surface area contributed by atoms with Crippen LogP contribution in [0.3, 0.4) is 0 Å². The minimum absolute atomic E-state index is 0.0231. The number of para-hydroxylation sites is 1. The van der Waals surface area contributed by atoms with E-state index in [1.165, 1.54) is 31.2 Å². The standard InChI is InChI=1S/C41H37F3N2O11/c1-21-37(54-19-22-10-4-2-5-11-22)27(46-38(51)41(42,43)44)16-29(56-21)57-28-18-40(53,20-55-39(52)45-23-12-6-3-7-13-23)17-26-30(28)36(50)32-31(35(26)49)33(47)24-14-8-9-15-25(24)34(32)48/h2-15,21,27-29,37,49-50,53H,16-20H2,1H3,(H,45,52)(H,46,51)/t21-,27-,28-,29-,37+,40-/m0/s1. The normalized spacial score (nSPS) is 24.1. The number of ether oxygens (including phenoxy) is 4. The zero-order valence-corrected chi connectivity index (χ0v) is 30.2. The number of phenolic OH excluding ortho intramolecular Hbond substituents is 2. The lowest BCUT2D eigenvalue weighted by Crippen LogP contribution is -2.58. The second-order valence-electron chi connectivity index (χ2n) is 14.2. The lowest BCUT2D eigenvalue weighted by atomic mass is 9.73. The molecule has 4 aromatic carbocycles. The van der Waals surface area contributed by atoms with E-state index < -0.39 is 114 Å². The molecule has 1 heterocycles. The molecule has 2 amide bonds. The summed E-state index contributed by atoms with van der Waals surface area (Å²) in [4.78, 5) is 52.5. The molecule has 5 N–H and O–H groups in total. The minimum Gasteiger partial charge on any atom is -0.507 e. The highest BCUT2D eigenvalue weighted by molar-refractivity contribution is 6.30. The lowest BCUT2D eigenvalue weighted by Gasteiger charge is -2.44. The Labute approximate surface area is 323 Å². The van der Waals surface area contributed by atoms with Crippen molar-refractivity contribution in [3.63, 3.8) is 0 Å². The number of anilines is 1. The number of alkyl halides is 3. The molecule has 0 saturated carbocycles. The number of aromatic hydroxyl groups is 2. The van der Waals surface area contributed by atoms with Gasteiger partial charge in [0, 0.05) is 47.2 Å². The van der Waals surface area contributed by atoms with Crippen molar-refractivity contribution < 1.29 is 66.6 Å². The number of hydrogen-bond donors (Lipinski definition) is 5. The predicted octanol–water partition coefficient (Wildman–Crippen LogP) is 5.62. The molecule has 16 heteroatoms. The van der Waals surface area contributed by atoms with E-state index in [9.17, 15) is 47.7 Å². The second-order valence-corrected chi connectivity index (χ2v) is 14.2. The van der Waals surface area contributed by atoms with Crippen molar-refractivity contribution in [2.75, 3.05) is 11.9 Å². The largest absolute Gasteiger partial charge is 0.507 e. The molecule has 4 aromatic rings. The smallest absolute Gasteiger partial charge is 0.471 e. The van der Waals surface area contributed by atoms with Crippen molar-refractivity contribution in [2.45, 2.75) is 75.2 Å². The first-order chi connectivity index (χ1) is 27.1. The van der Waals surface area contributed by atoms with Crippen molar-refractivity contribution in [1.29, 1.82) is 0 Å². The first kappa shape index (κ1) is 39.4. The molecule has 3 aliphatic rings. The Bertz CT molecular complexity index is 2200. The lowest BCUT2D eigenvalue weighted by molar-refractivity contribution is -0.259. The fourth-order valence-corrected chi connectivity index (χ4v) is 7.58. The predicted molar refractivity (Wildman–Crippen MR) is 194 cm³/mol. The SMILES string of the molecule is C[C@@H]1O[C@@H](O[C@H]2C[C@](O)(COC(=O)Nc3ccccc3)Cc3c(O)c4c(c(O)c32)C(=O)c2ccccc2C4=O)C[C@H](NC(=O)C(F)(F)F)[C@@H]1OCc1ccccc1. The van der Waals surface area contributed by atoms with E-state index in [0.29, 0.717) is 11.3 Å². The average molecular weight is 791 g/mol. The van der Waals surface area contributed by atoms with Crippen molar-refractivity contribution in [2.24, 2.45) is 0 Å². The molecular weight excluding hydrogens is 753 g/mol. The van der Waals surface area contributed by atoms with Crippen molar-refractivity contribution in [3.8, 4) is 11.5 Å². The minimum atomic E-state index is -5.24. The number of aliphatic hydroxyl groups is 1. The van der Waals surface area contributed by atoms with Crippen LogP contribution in [0.2, 0.25) is 0 Å². The molecule has 6 atom stereocenters. The summed E-state index contributed by atoms with van der Waals surface area (Å²) in [6, 6.07) is 21.6. The number of rotatable bonds is 9. The van der Waals surface area contributed by atoms with Gasteiger partial charge in [0.25, 0.3) is 0 Å². The van der Waals surface area contributed by atoms with Crippen LogP contribution in [-0.2, 0) is 36.8 Å². The van der Waals surface area contributed by atoms with Gasteiger partial charge in [0.2, 0.25) is 0 Å². The maximum atomic E-state index is 13.8. The van der Waals surface area contributed by atoms with E-state index in [4.69, 9.17) is 18.9 Å². The Kier molecular flexibility index (Phi) is 10.8. The third-order valence-electron chi connectivity index (χ3n) is 10.2. The molecule has 1 aliphatic heterocycles. The number of phenols is 2. The molecule has 0 radical (unpaired) electrons. The topological polar surface area (TPSA) is 190 Å². The molecule has 2 aliphatic carbocycles. The molecule has 0 aromatic heterocycles. The molecule has 0 unspecified atom stereocenters. The van der Waals surface area contributed by atoms with Gasteiger partial charge < -0.3 is 39.6 Å². The molecule has 7 rings (SSSR count). The van der Waals surface area contributed by atoms with E-state index in [0.717, 1.165) is 0 Å². The van der Waals surface area contributed by atoms with Gasteiger partial charge in [-0.25, -0.2) is 4.79 Å². The van der Waals surface area contributed by atoms with E-state index in [2.05, 4.69) is 5.32 Å². The molecule has 1 saturated heterocycles. The molecule has 0 bridgehead atoms. The number of amides is 2. The number of ketones is 2. The first-order valence-electron chi connectivity index (χ1n) is 18.0. The molecule has 0 spiro atoms. The van der Waals surface area contributed by atoms with Gasteiger partial charge >= 0.3 is 18.2 Å². The molecular formula is C41H37F3N2O11. The van der Waals surface area contributed by atoms with Crippen LogP contribution >= 0.6 is 0 Å². The van der Waals surface area contributed by atoms with Gasteiger partial charge in [-0.05, 0) is 24.6 Å². The summed E-state index contributed by atoms with van der Waals surface area (Å²) < 4.78 is 64.3. The summed E-state index contributed by atoms with van der Waals surface area (Å²) in [5, 5.41) is 40.0. The Hall–Kier alpha value is -5.81. The number of nitrogens with one attached hydrogen (secondary N) is 2. The van der Waals surface area contributed by atoms with Crippen LogP contribution in [-0.4, -0.2) is 81.8 Å². The highest BCUT2D eigenvalue weighted by Gasteiger charge is 2.49. The fraction of sp³-hybridized carbons (Fsp3) is 0.317. The third-order valence-corrected chi connectivity index (χ3v) is 10.2. The third kappa shape index (κ3) is 8.07. The van der Waals surface area contributed by atoms with Crippen LogP contribution in [0.5, 0.6) is 11.5 Å². The van der Waals surface area contributed by atoms with Crippen LogP contribution in [0.15, 0.2) is 84.9 Å². The summed E-state index contributed by atoms with van der Waals surface area (Å²) >= 11 is 0. The van der Waals surface area contributed by atoms with Gasteiger partial charge in [-0.2, -0.15) is 13.2 Å². The molecule has 57 heavy (non-hydrogen) atoms. The van der Waals surface area contributed by atoms with Gasteiger partial charge in [-0.1, -0.05) is 72.8 Å². The number of benzene rings is 4. The van der Waals surface area contributed by atoms with Gasteiger partial charge in [-0.15, -0.1) is 0 Å². The monoisotopic (exact) mass is 790 g/mol. The van der Waals surface area contributed by atoms with Gasteiger partial charge in [0.05, 0.1) is 36.0 Å². The Morgan fingerprint density at radius 1 is 0.895 bits per heavy atom. The van der Waals surface area contributed by atoms with Crippen molar-refractivity contribution >= 4 is 29.3 Å². The van der Waals surface area contributed by atoms with Crippen LogP contribution in [0.25, 0.3) is 0 Å². The zero-order valence-electron chi connectivity index (χ0n) is 30.2. The Balaban J connectivity index is 1.22. The van der Waals surface area contributed by atoms with Crippen LogP contribution in [0, 0.1) is 0 Å². The van der Waals surface area contributed by atoms with Crippen molar-refractivity contribution in [3.05, 3.63) is 124 Å². The number of carbonyl (C=O) groups excluding carboxylic acids is 4. The Morgan fingerprint density at radius 3 is 2.12 bits per heavy atom. The summed E-state index contributed by atoms with van der Waals surface area (Å²) in [6.45, 7) is 0.779. The average Bonchev–Trinajstić information content (AvgIpc) is 3.17. The highest BCUT2D eigenvalue weighted by atomic mass is 19.4. The first-order valence-corrected chi connectivity index (χ1v) is 18.0. The van der Waals surface area contributed by atoms with Gasteiger partial charge in [0.1, 0.15) is 29.8 Å². The number of halogens is 3. The van der Waals surface area contributed by atoms with E-state index in [-0.39, 0.29) is 28.9 Å². The molecule has 1 fully saturated rings. The van der Waals surface area contributed by atoms with E-state index in [1.54, 1.807) is 60.7 Å². The van der Waals surface area contributed by atoms with Crippen LogP contribution < -0.4 is 10.6 Å². The van der Waals surface area contributed by atoms with E-state index >= 15 is 0 Å². The molecule has 298 valence electrons. The fourth-order valence-electron chi connectivity index (χ4n) is 7.58. The van der Waals surface area contributed by atoms with Gasteiger partial charge in [-0.3, -0.25) is 19.7 Å². The summed E-state index contributed by atoms with van der Waals surface area (Å²) in [5.74, 6) is -5.22. The Morgan fingerprint density at radius 2 is 1.49 bits per heavy atom. The van der Waals surface area contributed by atoms with Crippen LogP contribution in [0.1, 0.15) is 74.4 Å². The number of carbonyl (C=O) groups is 4. The number of fused-ring (bicyclic) bond motifs is 3. The zero-order chi connectivity index (χ0) is 40.6.